The highest BCUT2D eigenvalue weighted by Gasteiger charge is 2.45. The summed E-state index contributed by atoms with van der Waals surface area (Å²) in [6.07, 6.45) is -1.14. The average molecular weight is 1150 g/mol. The van der Waals surface area contributed by atoms with Gasteiger partial charge in [-0.2, -0.15) is 34.8 Å². The van der Waals surface area contributed by atoms with Crippen molar-refractivity contribution in [1.29, 1.82) is 0 Å². The van der Waals surface area contributed by atoms with E-state index in [2.05, 4.69) is 49.5 Å². The molecule has 2 aliphatic heterocycles. The summed E-state index contributed by atoms with van der Waals surface area (Å²) in [5, 5.41) is 27.0. The second-order valence-electron chi connectivity index (χ2n) is 16.8. The fourth-order valence-corrected chi connectivity index (χ4v) is 7.49. The van der Waals surface area contributed by atoms with E-state index in [1.165, 1.54) is 45.5 Å². The van der Waals surface area contributed by atoms with Gasteiger partial charge in [0.25, 0.3) is 0 Å². The lowest BCUT2D eigenvalue weighted by molar-refractivity contribution is -0.436. The number of alkyl halides is 6. The van der Waals surface area contributed by atoms with Crippen molar-refractivity contribution in [2.45, 2.75) is 63.2 Å². The molecule has 4 atom stereocenters. The SMILES string of the molecule is C=CCOC(=O)N1CCN(C(C)(C)C(=O)NCC(=O)c2cncc(OC)c2)C[C@H]1C(=O)NCC(F)(F)F.COc1cncc(-c2cnc(C(C)(C)N3CCN[C@H](C(=O)NCC(F)(F)F)C3)o2)c1.O=S(OO)OS(=O)OOO. The number of carbonyl (C=O) groups excluding carboxylic acids is 5. The molecule has 5 heterocycles. The summed E-state index contributed by atoms with van der Waals surface area (Å²) >= 11 is -5.23. The highest BCUT2D eigenvalue weighted by Crippen LogP contribution is 2.32. The van der Waals surface area contributed by atoms with E-state index in [9.17, 15) is 58.7 Å². The average Bonchev–Trinajstić information content (AvgIpc) is 3.92. The molecule has 2 fully saturated rings. The molecule has 0 aliphatic carbocycles. The van der Waals surface area contributed by atoms with Crippen LogP contribution in [-0.2, 0) is 64.7 Å². The fourth-order valence-electron chi connectivity index (χ4n) is 6.89. The summed E-state index contributed by atoms with van der Waals surface area (Å²) in [6, 6.07) is 1.12. The molecule has 0 bridgehead atoms. The number of aromatic nitrogens is 3. The van der Waals surface area contributed by atoms with Crippen LogP contribution in [0.3, 0.4) is 0 Å². The van der Waals surface area contributed by atoms with Gasteiger partial charge in [0.1, 0.15) is 37.2 Å². The molecule has 35 heteroatoms. The molecular weight excluding hydrogens is 1090 g/mol. The van der Waals surface area contributed by atoms with Crippen LogP contribution >= 0.6 is 0 Å². The van der Waals surface area contributed by atoms with E-state index < -0.39 is 101 Å². The maximum absolute atomic E-state index is 13.0. The van der Waals surface area contributed by atoms with Crippen molar-refractivity contribution < 1.29 is 105 Å². The molecule has 6 N–H and O–H groups in total. The van der Waals surface area contributed by atoms with Crippen LogP contribution in [0.25, 0.3) is 11.3 Å². The van der Waals surface area contributed by atoms with Crippen LogP contribution in [0.2, 0.25) is 0 Å². The second kappa shape index (κ2) is 30.0. The Kier molecular flexibility index (Phi) is 25.3. The molecule has 0 aromatic carbocycles. The summed E-state index contributed by atoms with van der Waals surface area (Å²) < 4.78 is 126. The van der Waals surface area contributed by atoms with Gasteiger partial charge in [0, 0.05) is 62.8 Å². The predicted molar refractivity (Wildman–Crippen MR) is 253 cm³/mol. The van der Waals surface area contributed by atoms with E-state index in [0.717, 1.165) is 4.90 Å². The Morgan fingerprint density at radius 3 is 2.05 bits per heavy atom. The standard InChI is InChI=1S/C23H30F3N5O6.C19H24F3N5O3.H2O8S2/c1-5-8-37-21(35)31-7-6-30(13-17(31)19(33)29-14-23(24,25)26)22(2,3)20(34)28-12-18(32)15-9-16(36-4)11-27-10-15;1-18(2,17-25-9-15(30-17)12-6-13(29-3)8-23-7-12)27-5-4-24-14(10-27)16(28)26-11-19(20,21)22;1-5-7-10(4)8-9(3)6-2/h5,9-11,17H,1,6-8,12-14H2,2-4H3,(H,28,34)(H,29,33);6-9,14,24H,4-5,10-11H2,1-3H3,(H,26,28);1-2H/t17-;14-;/m00./s1. The highest BCUT2D eigenvalue weighted by molar-refractivity contribution is 7.88. The van der Waals surface area contributed by atoms with Gasteiger partial charge in [-0.1, -0.05) is 22.0 Å². The van der Waals surface area contributed by atoms with E-state index in [1.54, 1.807) is 42.0 Å². The maximum Gasteiger partial charge on any atom is 0.410 e. The van der Waals surface area contributed by atoms with E-state index in [0.29, 0.717) is 41.8 Å². The third-order valence-corrected chi connectivity index (χ3v) is 12.2. The monoisotopic (exact) mass is 1150 g/mol. The lowest BCUT2D eigenvalue weighted by atomic mass is 9.97. The number of hydrogen-bond donors (Lipinski definition) is 6. The first kappa shape index (κ1) is 65.0. The fraction of sp³-hybridized carbons (Fsp3) is 0.524. The van der Waals surface area contributed by atoms with Crippen LogP contribution in [0, 0.1) is 0 Å². The Morgan fingerprint density at radius 1 is 0.831 bits per heavy atom. The predicted octanol–water partition coefficient (Wildman–Crippen LogP) is 2.16. The smallest absolute Gasteiger partial charge is 0.410 e. The number of Topliss-reactive ketones (excluding diaryl/α,β-unsaturated/α-hetero) is 1. The molecule has 2 saturated heterocycles. The summed E-state index contributed by atoms with van der Waals surface area (Å²) in [6.45, 7) is 7.86. The Morgan fingerprint density at radius 2 is 1.45 bits per heavy atom. The van der Waals surface area contributed by atoms with Crippen LogP contribution in [0.5, 0.6) is 11.5 Å². The van der Waals surface area contributed by atoms with Crippen molar-refractivity contribution in [2.24, 2.45) is 0 Å². The lowest BCUT2D eigenvalue weighted by Crippen LogP contribution is -2.67. The molecule has 2 aliphatic rings. The van der Waals surface area contributed by atoms with Crippen molar-refractivity contribution in [3.63, 3.8) is 0 Å². The van der Waals surface area contributed by atoms with E-state index in [1.807, 2.05) is 24.1 Å². The van der Waals surface area contributed by atoms with Gasteiger partial charge in [-0.25, -0.2) is 20.3 Å². The van der Waals surface area contributed by atoms with Crippen molar-refractivity contribution in [3.8, 4) is 22.8 Å². The topological polar surface area (TPSA) is 334 Å². The first-order valence-electron chi connectivity index (χ1n) is 22.2. The highest BCUT2D eigenvalue weighted by atomic mass is 32.3. The van der Waals surface area contributed by atoms with Crippen LogP contribution in [0.1, 0.15) is 43.9 Å². The number of oxazole rings is 1. The molecule has 3 aromatic rings. The molecular formula is C42H56F6N10O17S2. The number of nitrogens with one attached hydrogen (secondary N) is 4. The summed E-state index contributed by atoms with van der Waals surface area (Å²) in [4.78, 5) is 79.6. The zero-order valence-corrected chi connectivity index (χ0v) is 43.5. The van der Waals surface area contributed by atoms with E-state index in [4.69, 9.17) is 29.1 Å². The van der Waals surface area contributed by atoms with Gasteiger partial charge < -0.3 is 39.9 Å². The molecule has 5 rings (SSSR count). The summed E-state index contributed by atoms with van der Waals surface area (Å²) in [5.74, 6) is -0.825. The van der Waals surface area contributed by atoms with Crippen molar-refractivity contribution in [2.75, 3.05) is 79.7 Å². The molecule has 430 valence electrons. The maximum atomic E-state index is 13.0. The zero-order valence-electron chi connectivity index (χ0n) is 41.8. The van der Waals surface area contributed by atoms with Crippen LogP contribution in [0.4, 0.5) is 31.1 Å². The number of ether oxygens (including phenoxy) is 3. The van der Waals surface area contributed by atoms with Gasteiger partial charge >= 0.3 is 41.2 Å². The first-order valence-corrected chi connectivity index (χ1v) is 24.2. The summed E-state index contributed by atoms with van der Waals surface area (Å²) in [7, 11) is 2.96. The molecule has 27 nitrogen and oxygen atoms in total. The molecule has 0 radical (unpaired) electrons. The molecule has 77 heavy (non-hydrogen) atoms. The normalized spacial score (nSPS) is 17.2. The number of piperazine rings is 2. The second-order valence-corrected chi connectivity index (χ2v) is 18.5. The van der Waals surface area contributed by atoms with Crippen LogP contribution in [0.15, 0.2) is 60.2 Å². The lowest BCUT2D eigenvalue weighted by Gasteiger charge is -2.45. The number of ketones is 1. The van der Waals surface area contributed by atoms with Gasteiger partial charge in [-0.15, -0.1) is 7.96 Å². The Bertz CT molecular complexity index is 2510. The molecule has 3 aromatic heterocycles. The third-order valence-electron chi connectivity index (χ3n) is 11.0. The minimum absolute atomic E-state index is 0.0921. The third kappa shape index (κ3) is 20.9. The van der Waals surface area contributed by atoms with Crippen LogP contribution < -0.4 is 30.7 Å². The Hall–Kier alpha value is -6.28. The van der Waals surface area contributed by atoms with Crippen molar-refractivity contribution in [3.05, 3.63) is 67.2 Å². The quantitative estimate of drug-likeness (QED) is 0.0293. The number of rotatable bonds is 21. The largest absolute Gasteiger partial charge is 0.495 e. The van der Waals surface area contributed by atoms with E-state index >= 15 is 0 Å². The minimum Gasteiger partial charge on any atom is -0.495 e. The molecule has 2 unspecified atom stereocenters. The minimum atomic E-state index is -4.65. The number of nitrogens with zero attached hydrogens (tertiary/aromatic N) is 6. The van der Waals surface area contributed by atoms with Gasteiger partial charge in [-0.05, 0) is 39.8 Å². The molecule has 0 saturated carbocycles. The number of pyridine rings is 2. The van der Waals surface area contributed by atoms with Crippen molar-refractivity contribution in [1.82, 2.24) is 50.9 Å². The number of amides is 4. The van der Waals surface area contributed by atoms with Crippen molar-refractivity contribution >= 4 is 52.3 Å². The van der Waals surface area contributed by atoms with Crippen LogP contribution in [-0.4, -0.2) is 188 Å². The molecule has 0 spiro atoms. The van der Waals surface area contributed by atoms with Gasteiger partial charge in [-0.3, -0.25) is 43.8 Å². The zero-order chi connectivity index (χ0) is 57.7. The first-order chi connectivity index (χ1) is 36.1. The molecule has 4 amide bonds. The van der Waals surface area contributed by atoms with E-state index in [-0.39, 0.29) is 44.9 Å². The number of methoxy groups -OCH3 is 2. The van der Waals surface area contributed by atoms with Gasteiger partial charge in [0.15, 0.2) is 11.5 Å². The van der Waals surface area contributed by atoms with Gasteiger partial charge in [0.05, 0.1) is 56.5 Å². The number of halogens is 6. The van der Waals surface area contributed by atoms with Gasteiger partial charge in [0.2, 0.25) is 23.6 Å². The Balaban J connectivity index is 0.000000349. The Labute approximate surface area is 440 Å². The summed E-state index contributed by atoms with van der Waals surface area (Å²) in [5.41, 5.74) is -1.04. The number of carbonyl (C=O) groups is 5. The number of hydrogen-bond acceptors (Lipinski definition) is 23.